The smallest absolute Gasteiger partial charge is 0.223 e. The summed E-state index contributed by atoms with van der Waals surface area (Å²) in [6.07, 6.45) is 1.66. The number of furan rings is 1. The van der Waals surface area contributed by atoms with Gasteiger partial charge in [-0.2, -0.15) is 5.26 Å². The van der Waals surface area contributed by atoms with E-state index >= 15 is 0 Å². The van der Waals surface area contributed by atoms with Crippen LogP contribution in [0.4, 0.5) is 0 Å². The van der Waals surface area contributed by atoms with Gasteiger partial charge >= 0.3 is 0 Å². The highest BCUT2D eigenvalue weighted by Crippen LogP contribution is 2.27. The summed E-state index contributed by atoms with van der Waals surface area (Å²) in [5.41, 5.74) is 1.48. The Bertz CT molecular complexity index is 966. The second-order valence-electron chi connectivity index (χ2n) is 6.36. The van der Waals surface area contributed by atoms with Crippen LogP contribution in [0.15, 0.2) is 47.1 Å². The summed E-state index contributed by atoms with van der Waals surface area (Å²) in [7, 11) is 0. The van der Waals surface area contributed by atoms with E-state index in [1.165, 1.54) is 0 Å². The third-order valence-electron chi connectivity index (χ3n) is 4.64. The fourth-order valence-electron chi connectivity index (χ4n) is 3.31. The number of ketones is 1. The van der Waals surface area contributed by atoms with Gasteiger partial charge in [0.2, 0.25) is 5.91 Å². The van der Waals surface area contributed by atoms with E-state index < -0.39 is 11.8 Å². The Hall–Kier alpha value is -3.40. The number of carbonyl (C=O) groups excluding carboxylic acids is 2. The Morgan fingerprint density at radius 2 is 2.23 bits per heavy atom. The van der Waals surface area contributed by atoms with Crippen molar-refractivity contribution in [2.45, 2.75) is 18.9 Å². The number of hydrogen-bond acceptors (Lipinski definition) is 5. The van der Waals surface area contributed by atoms with Crippen molar-refractivity contribution in [2.75, 3.05) is 6.54 Å². The molecule has 0 spiro atoms. The Balaban J connectivity index is 1.52. The number of likely N-dealkylation sites (tertiary alicyclic amines) is 1. The van der Waals surface area contributed by atoms with Gasteiger partial charge in [0, 0.05) is 18.9 Å². The summed E-state index contributed by atoms with van der Waals surface area (Å²) < 4.78 is 5.26. The first-order chi connectivity index (χ1) is 12.7. The summed E-state index contributed by atoms with van der Waals surface area (Å²) in [4.78, 5) is 34.1. The molecule has 0 aliphatic carbocycles. The zero-order chi connectivity index (χ0) is 18.1. The Kier molecular flexibility index (Phi) is 4.01. The molecule has 1 amide bonds. The molecule has 0 bridgehead atoms. The molecule has 1 N–H and O–H groups in total. The summed E-state index contributed by atoms with van der Waals surface area (Å²) in [6.45, 7) is 0.619. The number of nitrogens with one attached hydrogen (secondary N) is 1. The van der Waals surface area contributed by atoms with Crippen LogP contribution >= 0.6 is 0 Å². The standard InChI is InChI=1S/C19H16N4O3/c20-9-14(19-21-15-5-1-2-6-16(15)22-19)18(25)12-8-17(24)23(10-12)11-13-4-3-7-26-13/h1-7,12,14H,8,10-11H2,(H,21,22)/t12-,14+/m1/s1. The van der Waals surface area contributed by atoms with Crippen LogP contribution in [0.5, 0.6) is 0 Å². The van der Waals surface area contributed by atoms with Gasteiger partial charge in [0.15, 0.2) is 11.7 Å². The van der Waals surface area contributed by atoms with Gasteiger partial charge in [0.05, 0.1) is 29.9 Å². The van der Waals surface area contributed by atoms with Crippen molar-refractivity contribution in [3.8, 4) is 6.07 Å². The van der Waals surface area contributed by atoms with Crippen LogP contribution in [-0.2, 0) is 16.1 Å². The molecule has 130 valence electrons. The number of Topliss-reactive ketones (excluding diaryl/α,β-unsaturated/α-hetero) is 1. The first kappa shape index (κ1) is 16.1. The highest BCUT2D eigenvalue weighted by molar-refractivity contribution is 5.95. The third-order valence-corrected chi connectivity index (χ3v) is 4.64. The molecule has 1 aliphatic heterocycles. The molecule has 0 unspecified atom stereocenters. The highest BCUT2D eigenvalue weighted by atomic mass is 16.3. The monoisotopic (exact) mass is 348 g/mol. The Labute approximate surface area is 149 Å². The zero-order valence-electron chi connectivity index (χ0n) is 13.9. The quantitative estimate of drug-likeness (QED) is 0.762. The number of aromatic nitrogens is 2. The van der Waals surface area contributed by atoms with E-state index in [1.807, 2.05) is 30.3 Å². The minimum atomic E-state index is -1.01. The van der Waals surface area contributed by atoms with Crippen molar-refractivity contribution in [1.29, 1.82) is 5.26 Å². The lowest BCUT2D eigenvalue weighted by Crippen LogP contribution is -2.27. The van der Waals surface area contributed by atoms with E-state index in [-0.39, 0.29) is 24.7 Å². The molecular weight excluding hydrogens is 332 g/mol. The predicted octanol–water partition coefficient (Wildman–Crippen LogP) is 2.38. The fraction of sp³-hybridized carbons (Fsp3) is 0.263. The van der Waals surface area contributed by atoms with E-state index in [9.17, 15) is 14.9 Å². The SMILES string of the molecule is N#C[C@@H](C(=O)[C@@H]1CC(=O)N(Cc2ccco2)C1)c1nc2ccccc2[nH]1. The first-order valence-corrected chi connectivity index (χ1v) is 8.34. The lowest BCUT2D eigenvalue weighted by Gasteiger charge is -2.15. The van der Waals surface area contributed by atoms with E-state index in [0.29, 0.717) is 23.6 Å². The molecule has 1 aromatic carbocycles. The maximum absolute atomic E-state index is 12.9. The number of amides is 1. The van der Waals surface area contributed by atoms with Gasteiger partial charge in [-0.25, -0.2) is 4.98 Å². The molecule has 7 nitrogen and oxygen atoms in total. The molecule has 2 atom stereocenters. The second kappa shape index (κ2) is 6.48. The molecule has 2 aromatic heterocycles. The van der Waals surface area contributed by atoms with Crippen LogP contribution in [0.2, 0.25) is 0 Å². The van der Waals surface area contributed by atoms with Crippen LogP contribution < -0.4 is 0 Å². The number of para-hydroxylation sites is 2. The van der Waals surface area contributed by atoms with Crippen LogP contribution in [0.1, 0.15) is 23.9 Å². The minimum Gasteiger partial charge on any atom is -0.467 e. The largest absolute Gasteiger partial charge is 0.467 e. The van der Waals surface area contributed by atoms with Gasteiger partial charge in [-0.3, -0.25) is 9.59 Å². The molecule has 4 rings (SSSR count). The summed E-state index contributed by atoms with van der Waals surface area (Å²) in [5, 5.41) is 9.53. The molecular formula is C19H16N4O3. The average Bonchev–Trinajstić information content (AvgIpc) is 3.36. The topological polar surface area (TPSA) is 103 Å². The maximum atomic E-state index is 12.9. The number of fused-ring (bicyclic) bond motifs is 1. The normalized spacial score (nSPS) is 18.2. The third kappa shape index (κ3) is 2.86. The van der Waals surface area contributed by atoms with Crippen LogP contribution in [-0.4, -0.2) is 33.1 Å². The van der Waals surface area contributed by atoms with Gasteiger partial charge in [-0.1, -0.05) is 12.1 Å². The van der Waals surface area contributed by atoms with Crippen molar-refractivity contribution in [2.24, 2.45) is 5.92 Å². The zero-order valence-corrected chi connectivity index (χ0v) is 13.9. The second-order valence-corrected chi connectivity index (χ2v) is 6.36. The van der Waals surface area contributed by atoms with Crippen LogP contribution in [0.3, 0.4) is 0 Å². The van der Waals surface area contributed by atoms with E-state index in [1.54, 1.807) is 23.3 Å². The number of nitriles is 1. The van der Waals surface area contributed by atoms with Gasteiger partial charge < -0.3 is 14.3 Å². The molecule has 1 aliphatic rings. The van der Waals surface area contributed by atoms with Crippen molar-refractivity contribution in [3.63, 3.8) is 0 Å². The summed E-state index contributed by atoms with van der Waals surface area (Å²) in [5.74, 6) is -0.918. The number of rotatable bonds is 5. The predicted molar refractivity (Wildman–Crippen MR) is 91.7 cm³/mol. The first-order valence-electron chi connectivity index (χ1n) is 8.34. The molecule has 1 fully saturated rings. The highest BCUT2D eigenvalue weighted by Gasteiger charge is 2.39. The molecule has 0 saturated carbocycles. The number of hydrogen-bond donors (Lipinski definition) is 1. The van der Waals surface area contributed by atoms with Crippen molar-refractivity contribution >= 4 is 22.7 Å². The molecule has 26 heavy (non-hydrogen) atoms. The van der Waals surface area contributed by atoms with Crippen LogP contribution in [0, 0.1) is 17.2 Å². The number of aromatic amines is 1. The molecule has 7 heteroatoms. The molecule has 0 radical (unpaired) electrons. The van der Waals surface area contributed by atoms with E-state index in [2.05, 4.69) is 9.97 Å². The molecule has 3 aromatic rings. The number of H-pyrrole nitrogens is 1. The number of nitrogens with zero attached hydrogens (tertiary/aromatic N) is 3. The number of benzene rings is 1. The van der Waals surface area contributed by atoms with Crippen molar-refractivity contribution in [1.82, 2.24) is 14.9 Å². The Morgan fingerprint density at radius 3 is 2.96 bits per heavy atom. The van der Waals surface area contributed by atoms with Gasteiger partial charge in [-0.15, -0.1) is 0 Å². The fourth-order valence-corrected chi connectivity index (χ4v) is 3.31. The van der Waals surface area contributed by atoms with Crippen LogP contribution in [0.25, 0.3) is 11.0 Å². The molecule has 1 saturated heterocycles. The van der Waals surface area contributed by atoms with Gasteiger partial charge in [0.25, 0.3) is 0 Å². The molecule has 3 heterocycles. The van der Waals surface area contributed by atoms with E-state index in [0.717, 1.165) is 5.52 Å². The average molecular weight is 348 g/mol. The maximum Gasteiger partial charge on any atom is 0.223 e. The number of imidazole rings is 1. The minimum absolute atomic E-state index is 0.109. The van der Waals surface area contributed by atoms with Gasteiger partial charge in [0.1, 0.15) is 11.6 Å². The lowest BCUT2D eigenvalue weighted by molar-refractivity contribution is -0.129. The summed E-state index contributed by atoms with van der Waals surface area (Å²) >= 11 is 0. The summed E-state index contributed by atoms with van der Waals surface area (Å²) in [6, 6.07) is 12.9. The Morgan fingerprint density at radius 1 is 1.38 bits per heavy atom. The van der Waals surface area contributed by atoms with Crippen molar-refractivity contribution in [3.05, 3.63) is 54.2 Å². The van der Waals surface area contributed by atoms with E-state index in [4.69, 9.17) is 4.42 Å². The van der Waals surface area contributed by atoms with Crippen molar-refractivity contribution < 1.29 is 14.0 Å². The number of carbonyl (C=O) groups is 2. The van der Waals surface area contributed by atoms with Gasteiger partial charge in [-0.05, 0) is 24.3 Å². The lowest BCUT2D eigenvalue weighted by atomic mass is 9.92.